The molecule has 2 aliphatic rings. The van der Waals surface area contributed by atoms with Gasteiger partial charge in [0.15, 0.2) is 0 Å². The van der Waals surface area contributed by atoms with Gasteiger partial charge in [0, 0.05) is 25.2 Å². The Morgan fingerprint density at radius 3 is 2.68 bits per heavy atom. The smallest absolute Gasteiger partial charge is 0.240 e. The summed E-state index contributed by atoms with van der Waals surface area (Å²) in [5, 5.41) is 13.1. The molecule has 1 saturated carbocycles. The molecule has 1 heterocycles. The minimum absolute atomic E-state index is 0.102. The normalized spacial score (nSPS) is 34.8. The number of ether oxygens (including phenoxy) is 1. The fourth-order valence-electron chi connectivity index (χ4n) is 3.01. The van der Waals surface area contributed by atoms with Crippen molar-refractivity contribution in [2.75, 3.05) is 19.8 Å². The van der Waals surface area contributed by atoms with Gasteiger partial charge < -0.3 is 20.9 Å². The summed E-state index contributed by atoms with van der Waals surface area (Å²) in [5.74, 6) is -0.102. The Kier molecular flexibility index (Phi) is 4.48. The Hall–Kier alpha value is -0.650. The van der Waals surface area contributed by atoms with Crippen molar-refractivity contribution in [3.63, 3.8) is 0 Å². The van der Waals surface area contributed by atoms with Gasteiger partial charge in [0.2, 0.25) is 5.91 Å². The van der Waals surface area contributed by atoms with Crippen LogP contribution in [0.15, 0.2) is 0 Å². The minimum Gasteiger partial charge on any atom is -0.392 e. The third-order valence-electron chi connectivity index (χ3n) is 4.77. The first-order chi connectivity index (χ1) is 8.96. The van der Waals surface area contributed by atoms with E-state index in [0.717, 1.165) is 25.7 Å². The molecule has 2 fully saturated rings. The Bertz CT molecular complexity index is 329. The predicted molar refractivity (Wildman–Crippen MR) is 72.6 cm³/mol. The Morgan fingerprint density at radius 2 is 2.05 bits per heavy atom. The van der Waals surface area contributed by atoms with Gasteiger partial charge in [-0.3, -0.25) is 4.79 Å². The summed E-state index contributed by atoms with van der Waals surface area (Å²) in [6.07, 6.45) is 4.78. The standard InChI is InChI=1S/C14H26N2O3/c1-13(5-3-2-4-11(13)17)10-16-12(18)14(15)6-8-19-9-7-14/h11,17H,2-10,15H2,1H3,(H,16,18). The summed E-state index contributed by atoms with van der Waals surface area (Å²) >= 11 is 0. The van der Waals surface area contributed by atoms with Crippen LogP contribution in [0.4, 0.5) is 0 Å². The molecule has 0 aromatic carbocycles. The highest BCUT2D eigenvalue weighted by Crippen LogP contribution is 2.35. The molecule has 1 aliphatic carbocycles. The van der Waals surface area contributed by atoms with Gasteiger partial charge >= 0.3 is 0 Å². The zero-order valence-electron chi connectivity index (χ0n) is 11.8. The van der Waals surface area contributed by atoms with Crippen molar-refractivity contribution >= 4 is 5.91 Å². The number of nitrogens with two attached hydrogens (primary N) is 1. The predicted octanol–water partition coefficient (Wildman–Crippen LogP) is 0.552. The summed E-state index contributed by atoms with van der Waals surface area (Å²) in [6, 6.07) is 0. The molecule has 0 aromatic rings. The van der Waals surface area contributed by atoms with E-state index in [4.69, 9.17) is 10.5 Å². The Balaban J connectivity index is 1.88. The second-order valence-electron chi connectivity index (χ2n) is 6.37. The monoisotopic (exact) mass is 270 g/mol. The fourth-order valence-corrected chi connectivity index (χ4v) is 3.01. The van der Waals surface area contributed by atoms with Crippen molar-refractivity contribution in [3.8, 4) is 0 Å². The van der Waals surface area contributed by atoms with Gasteiger partial charge in [-0.1, -0.05) is 19.8 Å². The number of carbonyl (C=O) groups excluding carboxylic acids is 1. The first kappa shape index (κ1) is 14.8. The molecule has 4 N–H and O–H groups in total. The molecule has 5 nitrogen and oxygen atoms in total. The average molecular weight is 270 g/mol. The number of rotatable bonds is 3. The van der Waals surface area contributed by atoms with Crippen LogP contribution >= 0.6 is 0 Å². The lowest BCUT2D eigenvalue weighted by Crippen LogP contribution is -2.59. The van der Waals surface area contributed by atoms with Gasteiger partial charge in [0.05, 0.1) is 11.6 Å². The zero-order valence-corrected chi connectivity index (χ0v) is 11.8. The highest BCUT2D eigenvalue weighted by molar-refractivity contribution is 5.86. The van der Waals surface area contributed by atoms with E-state index in [0.29, 0.717) is 32.6 Å². The van der Waals surface area contributed by atoms with E-state index in [9.17, 15) is 9.90 Å². The van der Waals surface area contributed by atoms with Crippen molar-refractivity contribution in [3.05, 3.63) is 0 Å². The quantitative estimate of drug-likeness (QED) is 0.699. The van der Waals surface area contributed by atoms with E-state index in [1.165, 1.54) is 0 Å². The van der Waals surface area contributed by atoms with Crippen LogP contribution in [0.2, 0.25) is 0 Å². The molecule has 0 spiro atoms. The van der Waals surface area contributed by atoms with E-state index < -0.39 is 5.54 Å². The molecule has 2 rings (SSSR count). The van der Waals surface area contributed by atoms with Crippen LogP contribution in [-0.4, -0.2) is 42.4 Å². The molecule has 19 heavy (non-hydrogen) atoms. The highest BCUT2D eigenvalue weighted by atomic mass is 16.5. The van der Waals surface area contributed by atoms with Crippen molar-refractivity contribution in [1.82, 2.24) is 5.32 Å². The van der Waals surface area contributed by atoms with Gasteiger partial charge in [-0.2, -0.15) is 0 Å². The second-order valence-corrected chi connectivity index (χ2v) is 6.37. The van der Waals surface area contributed by atoms with E-state index in [1.807, 2.05) is 6.92 Å². The van der Waals surface area contributed by atoms with E-state index in [1.54, 1.807) is 0 Å². The van der Waals surface area contributed by atoms with Gasteiger partial charge in [-0.15, -0.1) is 0 Å². The van der Waals surface area contributed by atoms with Crippen LogP contribution in [0.25, 0.3) is 0 Å². The number of hydrogen-bond donors (Lipinski definition) is 3. The molecule has 1 amide bonds. The molecule has 1 saturated heterocycles. The maximum atomic E-state index is 12.2. The van der Waals surface area contributed by atoms with Crippen molar-refractivity contribution < 1.29 is 14.6 Å². The topological polar surface area (TPSA) is 84.6 Å². The lowest BCUT2D eigenvalue weighted by atomic mass is 9.73. The summed E-state index contributed by atoms with van der Waals surface area (Å²) in [5.41, 5.74) is 5.13. The van der Waals surface area contributed by atoms with Crippen molar-refractivity contribution in [2.24, 2.45) is 11.1 Å². The molecular weight excluding hydrogens is 244 g/mol. The molecule has 110 valence electrons. The average Bonchev–Trinajstić information content (AvgIpc) is 2.41. The van der Waals surface area contributed by atoms with E-state index >= 15 is 0 Å². The number of aliphatic hydroxyl groups excluding tert-OH is 1. The number of nitrogens with one attached hydrogen (secondary N) is 1. The largest absolute Gasteiger partial charge is 0.392 e. The maximum Gasteiger partial charge on any atom is 0.240 e. The third kappa shape index (κ3) is 3.27. The van der Waals surface area contributed by atoms with Crippen molar-refractivity contribution in [1.29, 1.82) is 0 Å². The summed E-state index contributed by atoms with van der Waals surface area (Å²) in [6.45, 7) is 3.64. The lowest BCUT2D eigenvalue weighted by Gasteiger charge is -2.40. The van der Waals surface area contributed by atoms with Crippen LogP contribution in [-0.2, 0) is 9.53 Å². The minimum atomic E-state index is -0.797. The third-order valence-corrected chi connectivity index (χ3v) is 4.77. The van der Waals surface area contributed by atoms with Crippen LogP contribution in [0.3, 0.4) is 0 Å². The van der Waals surface area contributed by atoms with E-state index in [-0.39, 0.29) is 17.4 Å². The van der Waals surface area contributed by atoms with Crippen LogP contribution < -0.4 is 11.1 Å². The molecule has 5 heteroatoms. The molecule has 1 aliphatic heterocycles. The first-order valence-corrected chi connectivity index (χ1v) is 7.29. The molecule has 2 unspecified atom stereocenters. The van der Waals surface area contributed by atoms with Crippen LogP contribution in [0, 0.1) is 5.41 Å². The lowest BCUT2D eigenvalue weighted by molar-refractivity contribution is -0.131. The zero-order chi connectivity index (χ0) is 13.9. The number of carbonyl (C=O) groups is 1. The van der Waals surface area contributed by atoms with Crippen LogP contribution in [0.5, 0.6) is 0 Å². The molecule has 0 aromatic heterocycles. The summed E-state index contributed by atoms with van der Waals surface area (Å²) < 4.78 is 5.25. The number of hydrogen-bond acceptors (Lipinski definition) is 4. The molecule has 0 bridgehead atoms. The SMILES string of the molecule is CC1(CNC(=O)C2(N)CCOCC2)CCCCC1O. The number of amides is 1. The molecular formula is C14H26N2O3. The number of aliphatic hydroxyl groups is 1. The van der Waals surface area contributed by atoms with Gasteiger partial charge in [0.1, 0.15) is 0 Å². The van der Waals surface area contributed by atoms with Crippen molar-refractivity contribution in [2.45, 2.75) is 57.1 Å². The second kappa shape index (κ2) is 5.77. The fraction of sp³-hybridized carbons (Fsp3) is 0.929. The Labute approximate surface area is 114 Å². The van der Waals surface area contributed by atoms with E-state index in [2.05, 4.69) is 5.32 Å². The maximum absolute atomic E-state index is 12.2. The summed E-state index contributed by atoms with van der Waals surface area (Å²) in [7, 11) is 0. The van der Waals surface area contributed by atoms with Gasteiger partial charge in [-0.05, 0) is 25.7 Å². The molecule has 2 atom stereocenters. The van der Waals surface area contributed by atoms with Crippen LogP contribution in [0.1, 0.15) is 45.4 Å². The highest BCUT2D eigenvalue weighted by Gasteiger charge is 2.39. The van der Waals surface area contributed by atoms with Gasteiger partial charge in [0.25, 0.3) is 0 Å². The first-order valence-electron chi connectivity index (χ1n) is 7.29. The van der Waals surface area contributed by atoms with Gasteiger partial charge in [-0.25, -0.2) is 0 Å². The molecule has 0 radical (unpaired) electrons. The summed E-state index contributed by atoms with van der Waals surface area (Å²) in [4.78, 5) is 12.2. The Morgan fingerprint density at radius 1 is 1.37 bits per heavy atom.